The van der Waals surface area contributed by atoms with Gasteiger partial charge in [-0.15, -0.1) is 16.4 Å². The van der Waals surface area contributed by atoms with E-state index in [1.54, 1.807) is 11.7 Å². The molecule has 11 heteroatoms. The van der Waals surface area contributed by atoms with Crippen LogP contribution in [0.3, 0.4) is 0 Å². The van der Waals surface area contributed by atoms with Crippen LogP contribution in [0.2, 0.25) is 0 Å². The van der Waals surface area contributed by atoms with Crippen molar-refractivity contribution in [2.75, 3.05) is 5.73 Å². The summed E-state index contributed by atoms with van der Waals surface area (Å²) >= 11 is 1.31. The number of hydrogen-bond acceptors (Lipinski definition) is 8. The van der Waals surface area contributed by atoms with Crippen LogP contribution in [0.4, 0.5) is 11.1 Å². The molecule has 0 unspecified atom stereocenters. The number of rotatable bonds is 4. The number of hydrogen-bond donors (Lipinski definition) is 4. The second-order valence-corrected chi connectivity index (χ2v) is 5.71. The third-order valence-corrected chi connectivity index (χ3v) is 3.90. The van der Waals surface area contributed by atoms with Gasteiger partial charge in [0.15, 0.2) is 11.8 Å². The summed E-state index contributed by atoms with van der Waals surface area (Å²) < 4.78 is 1.56. The Bertz CT molecular complexity index is 905. The summed E-state index contributed by atoms with van der Waals surface area (Å²) in [5, 5.41) is 6.29. The van der Waals surface area contributed by atoms with Gasteiger partial charge in [-0.05, 0) is 11.6 Å². The first kappa shape index (κ1) is 15.8. The van der Waals surface area contributed by atoms with Crippen molar-refractivity contribution >= 4 is 28.4 Å². The fraction of sp³-hybridized carbons (Fsp3) is 0.154. The first-order valence-electron chi connectivity index (χ1n) is 6.90. The normalized spacial score (nSPS) is 10.8. The fourth-order valence-electron chi connectivity index (χ4n) is 2.16. The van der Waals surface area contributed by atoms with Gasteiger partial charge in [0.2, 0.25) is 11.1 Å². The van der Waals surface area contributed by atoms with E-state index >= 15 is 0 Å². The molecule has 124 valence electrons. The first-order valence-corrected chi connectivity index (χ1v) is 7.78. The lowest BCUT2D eigenvalue weighted by Gasteiger charge is -2.07. The third-order valence-electron chi connectivity index (χ3n) is 3.17. The molecule has 0 radical (unpaired) electrons. The number of thiazole rings is 1. The maximum absolute atomic E-state index is 5.81. The number of aromatic nitrogens is 5. The molecule has 0 atom stereocenters. The monoisotopic (exact) mass is 344 g/mol. The van der Waals surface area contributed by atoms with Crippen LogP contribution in [0, 0.1) is 0 Å². The first-order chi connectivity index (χ1) is 11.5. The highest BCUT2D eigenvalue weighted by Gasteiger charge is 2.15. The minimum Gasteiger partial charge on any atom is -0.370 e. The average Bonchev–Trinajstić information content (AvgIpc) is 3.12. The van der Waals surface area contributed by atoms with E-state index in [1.165, 1.54) is 11.3 Å². The van der Waals surface area contributed by atoms with Crippen molar-refractivity contribution in [3.05, 3.63) is 23.1 Å². The number of nitrogens with two attached hydrogens (primary N) is 4. The molecule has 3 aromatic rings. The molecule has 8 N–H and O–H groups in total. The molecule has 3 rings (SSSR count). The van der Waals surface area contributed by atoms with Gasteiger partial charge in [-0.1, -0.05) is 6.07 Å². The standard InChI is InChI=1S/C13H16N10S/c1-23-10(20-12(17)22-23)7-3-2-6(4-14)9(18-7)8-5-24-13(19-8)21-11(15)16/h2-3,5H,4,14H2,1H3,(H2,17,22)(H4,15,16,19,21). The molecule has 0 aliphatic carbocycles. The van der Waals surface area contributed by atoms with E-state index in [0.29, 0.717) is 34.6 Å². The fourth-order valence-corrected chi connectivity index (χ4v) is 2.85. The molecule has 0 aromatic carbocycles. The molecule has 3 aromatic heterocycles. The largest absolute Gasteiger partial charge is 0.370 e. The van der Waals surface area contributed by atoms with E-state index in [-0.39, 0.29) is 11.9 Å². The van der Waals surface area contributed by atoms with Gasteiger partial charge in [-0.25, -0.2) is 14.6 Å². The van der Waals surface area contributed by atoms with Crippen molar-refractivity contribution in [2.24, 2.45) is 29.2 Å². The SMILES string of the molecule is Cn1nc(N)nc1-c1ccc(CN)c(-c2csc(N=C(N)N)n2)n1. The highest BCUT2D eigenvalue weighted by Crippen LogP contribution is 2.29. The van der Waals surface area contributed by atoms with Crippen molar-refractivity contribution in [3.63, 3.8) is 0 Å². The van der Waals surface area contributed by atoms with E-state index < -0.39 is 0 Å². The van der Waals surface area contributed by atoms with E-state index in [4.69, 9.17) is 22.9 Å². The molecule has 0 aliphatic rings. The van der Waals surface area contributed by atoms with Crippen LogP contribution in [0.25, 0.3) is 22.9 Å². The Kier molecular flexibility index (Phi) is 4.10. The summed E-state index contributed by atoms with van der Waals surface area (Å²) in [6.07, 6.45) is 0. The van der Waals surface area contributed by atoms with E-state index in [1.807, 2.05) is 17.5 Å². The number of nitrogen functional groups attached to an aromatic ring is 1. The minimum atomic E-state index is -0.0498. The van der Waals surface area contributed by atoms with Crippen LogP contribution in [-0.2, 0) is 13.6 Å². The summed E-state index contributed by atoms with van der Waals surface area (Å²) in [7, 11) is 1.75. The Morgan fingerprint density at radius 1 is 1.21 bits per heavy atom. The highest BCUT2D eigenvalue weighted by atomic mass is 32.1. The molecule has 0 amide bonds. The van der Waals surface area contributed by atoms with Crippen LogP contribution in [0.1, 0.15) is 5.56 Å². The van der Waals surface area contributed by atoms with Gasteiger partial charge in [0, 0.05) is 19.0 Å². The average molecular weight is 344 g/mol. The van der Waals surface area contributed by atoms with Crippen molar-refractivity contribution in [1.82, 2.24) is 24.7 Å². The Hall–Kier alpha value is -3.05. The van der Waals surface area contributed by atoms with E-state index in [0.717, 1.165) is 5.56 Å². The van der Waals surface area contributed by atoms with Crippen LogP contribution < -0.4 is 22.9 Å². The predicted octanol–water partition coefficient (Wildman–Crippen LogP) is -0.0536. The molecule has 0 aliphatic heterocycles. The molecule has 0 bridgehead atoms. The Morgan fingerprint density at radius 3 is 2.62 bits per heavy atom. The second-order valence-electron chi connectivity index (χ2n) is 4.88. The van der Waals surface area contributed by atoms with Gasteiger partial charge in [0.1, 0.15) is 11.4 Å². The summed E-state index contributed by atoms with van der Waals surface area (Å²) in [5.74, 6) is 0.686. The number of pyridine rings is 1. The van der Waals surface area contributed by atoms with Gasteiger partial charge in [0.05, 0.1) is 5.69 Å². The van der Waals surface area contributed by atoms with Crippen molar-refractivity contribution in [3.8, 4) is 22.9 Å². The van der Waals surface area contributed by atoms with E-state index in [2.05, 4.69) is 25.0 Å². The number of aliphatic imine (C=N–C) groups is 1. The van der Waals surface area contributed by atoms with Gasteiger partial charge >= 0.3 is 0 Å². The number of nitrogens with zero attached hydrogens (tertiary/aromatic N) is 6. The summed E-state index contributed by atoms with van der Waals surface area (Å²) in [6, 6.07) is 3.70. The lowest BCUT2D eigenvalue weighted by molar-refractivity contribution is 0.775. The topological polar surface area (TPSA) is 173 Å². The summed E-state index contributed by atoms with van der Waals surface area (Å²) in [5.41, 5.74) is 24.9. The number of guanidine groups is 1. The minimum absolute atomic E-state index is 0.0498. The molecule has 0 saturated heterocycles. The van der Waals surface area contributed by atoms with Gasteiger partial charge in [-0.3, -0.25) is 0 Å². The van der Waals surface area contributed by atoms with Crippen LogP contribution in [-0.4, -0.2) is 30.7 Å². The molecular formula is C13H16N10S. The number of aryl methyl sites for hydroxylation is 1. The molecule has 3 heterocycles. The van der Waals surface area contributed by atoms with Crippen LogP contribution in [0.5, 0.6) is 0 Å². The number of anilines is 1. The molecular weight excluding hydrogens is 328 g/mol. The Labute approximate surface area is 141 Å². The molecule has 0 fully saturated rings. The van der Waals surface area contributed by atoms with Gasteiger partial charge in [-0.2, -0.15) is 9.98 Å². The highest BCUT2D eigenvalue weighted by molar-refractivity contribution is 7.13. The van der Waals surface area contributed by atoms with E-state index in [9.17, 15) is 0 Å². The zero-order valence-electron chi connectivity index (χ0n) is 12.8. The lowest BCUT2D eigenvalue weighted by atomic mass is 10.1. The molecule has 0 spiro atoms. The second kappa shape index (κ2) is 6.22. The quantitative estimate of drug-likeness (QED) is 0.376. The Balaban J connectivity index is 2.09. The van der Waals surface area contributed by atoms with Gasteiger partial charge < -0.3 is 22.9 Å². The van der Waals surface area contributed by atoms with Crippen molar-refractivity contribution < 1.29 is 0 Å². The Morgan fingerprint density at radius 2 is 2.00 bits per heavy atom. The van der Waals surface area contributed by atoms with Gasteiger partial charge in [0.25, 0.3) is 0 Å². The predicted molar refractivity (Wildman–Crippen MR) is 93.1 cm³/mol. The zero-order chi connectivity index (χ0) is 17.3. The summed E-state index contributed by atoms with van der Waals surface area (Å²) in [4.78, 5) is 17.1. The lowest BCUT2D eigenvalue weighted by Crippen LogP contribution is -2.21. The van der Waals surface area contributed by atoms with Crippen molar-refractivity contribution in [2.45, 2.75) is 6.54 Å². The summed E-state index contributed by atoms with van der Waals surface area (Å²) in [6.45, 7) is 0.318. The maximum atomic E-state index is 5.81. The molecule has 24 heavy (non-hydrogen) atoms. The zero-order valence-corrected chi connectivity index (χ0v) is 13.7. The molecule has 0 saturated carbocycles. The maximum Gasteiger partial charge on any atom is 0.240 e. The van der Waals surface area contributed by atoms with Crippen LogP contribution in [0.15, 0.2) is 22.5 Å². The van der Waals surface area contributed by atoms with Crippen molar-refractivity contribution in [1.29, 1.82) is 0 Å². The van der Waals surface area contributed by atoms with Crippen LogP contribution >= 0.6 is 11.3 Å². The third kappa shape index (κ3) is 3.02. The smallest absolute Gasteiger partial charge is 0.240 e. The molecule has 10 nitrogen and oxygen atoms in total.